The molecule has 0 aliphatic heterocycles. The number of rotatable bonds is 4. The Kier molecular flexibility index (Phi) is 4.21. The molecule has 80 valence electrons. The lowest BCUT2D eigenvalue weighted by molar-refractivity contribution is 0.0992. The second kappa shape index (κ2) is 5.21. The molecule has 0 aromatic heterocycles. The predicted molar refractivity (Wildman–Crippen MR) is 62.5 cm³/mol. The van der Waals surface area contributed by atoms with Crippen LogP contribution in [0, 0.1) is 5.82 Å². The molecule has 0 saturated heterocycles. The van der Waals surface area contributed by atoms with Crippen molar-refractivity contribution in [3.8, 4) is 0 Å². The van der Waals surface area contributed by atoms with Crippen LogP contribution in [0.5, 0.6) is 0 Å². The highest BCUT2D eigenvalue weighted by molar-refractivity contribution is 9.10. The van der Waals surface area contributed by atoms with Gasteiger partial charge in [0.1, 0.15) is 5.82 Å². The van der Waals surface area contributed by atoms with Crippen molar-refractivity contribution in [3.63, 3.8) is 0 Å². The van der Waals surface area contributed by atoms with Gasteiger partial charge in [-0.2, -0.15) is 0 Å². The van der Waals surface area contributed by atoms with Gasteiger partial charge in [-0.05, 0) is 40.5 Å². The number of allylic oxidation sites excluding steroid dienone is 1. The molecule has 0 spiro atoms. The van der Waals surface area contributed by atoms with Crippen LogP contribution < -0.4 is 0 Å². The maximum absolute atomic E-state index is 12.9. The van der Waals surface area contributed by atoms with E-state index < -0.39 is 0 Å². The van der Waals surface area contributed by atoms with E-state index in [4.69, 9.17) is 0 Å². The van der Waals surface area contributed by atoms with Crippen LogP contribution in [0.3, 0.4) is 0 Å². The third-order valence-electron chi connectivity index (χ3n) is 2.15. The minimum absolute atomic E-state index is 0.0254. The first-order chi connectivity index (χ1) is 7.04. The summed E-state index contributed by atoms with van der Waals surface area (Å²) in [5.41, 5.74) is 1.40. The zero-order chi connectivity index (χ0) is 11.4. The third kappa shape index (κ3) is 3.27. The van der Waals surface area contributed by atoms with Gasteiger partial charge in [-0.25, -0.2) is 4.39 Å². The van der Waals surface area contributed by atoms with Crippen LogP contribution >= 0.6 is 15.9 Å². The van der Waals surface area contributed by atoms with Gasteiger partial charge in [0.15, 0.2) is 5.78 Å². The number of carbonyl (C=O) groups is 1. The molecule has 0 aliphatic carbocycles. The Morgan fingerprint density at radius 2 is 2.20 bits per heavy atom. The average Bonchev–Trinajstić information content (AvgIpc) is 2.21. The molecule has 0 radical (unpaired) electrons. The Labute approximate surface area is 97.1 Å². The SMILES string of the molecule is C=C(CC)CC(=O)c1ccc(F)c(Br)c1. The van der Waals surface area contributed by atoms with Gasteiger partial charge < -0.3 is 0 Å². The Hall–Kier alpha value is -0.960. The number of Topliss-reactive ketones (excluding diaryl/α,β-unsaturated/α-hetero) is 1. The molecule has 0 N–H and O–H groups in total. The van der Waals surface area contributed by atoms with E-state index in [2.05, 4.69) is 22.5 Å². The average molecular weight is 271 g/mol. The molecule has 0 heterocycles. The Morgan fingerprint density at radius 3 is 2.73 bits per heavy atom. The number of hydrogen-bond donors (Lipinski definition) is 0. The second-order valence-electron chi connectivity index (χ2n) is 3.33. The van der Waals surface area contributed by atoms with Gasteiger partial charge in [0.2, 0.25) is 0 Å². The molecule has 1 nitrogen and oxygen atoms in total. The highest BCUT2D eigenvalue weighted by Crippen LogP contribution is 2.19. The van der Waals surface area contributed by atoms with Crippen LogP contribution in [0.1, 0.15) is 30.1 Å². The molecule has 1 aromatic carbocycles. The van der Waals surface area contributed by atoms with E-state index >= 15 is 0 Å². The molecule has 15 heavy (non-hydrogen) atoms. The molecule has 0 atom stereocenters. The minimum atomic E-state index is -0.360. The summed E-state index contributed by atoms with van der Waals surface area (Å²) in [7, 11) is 0. The van der Waals surface area contributed by atoms with E-state index in [1.165, 1.54) is 18.2 Å². The number of halogens is 2. The van der Waals surface area contributed by atoms with Gasteiger partial charge in [0.05, 0.1) is 4.47 Å². The summed E-state index contributed by atoms with van der Waals surface area (Å²) in [6.45, 7) is 5.73. The normalized spacial score (nSPS) is 10.1. The minimum Gasteiger partial charge on any atom is -0.294 e. The summed E-state index contributed by atoms with van der Waals surface area (Å²) < 4.78 is 13.2. The Balaban J connectivity index is 2.83. The van der Waals surface area contributed by atoms with Crippen molar-refractivity contribution in [3.05, 3.63) is 46.2 Å². The highest BCUT2D eigenvalue weighted by atomic mass is 79.9. The first kappa shape index (κ1) is 12.1. The van der Waals surface area contributed by atoms with Crippen LogP contribution in [0.2, 0.25) is 0 Å². The summed E-state index contributed by atoms with van der Waals surface area (Å²) in [5.74, 6) is -0.386. The fourth-order valence-corrected chi connectivity index (χ4v) is 1.50. The Morgan fingerprint density at radius 1 is 1.53 bits per heavy atom. The molecule has 0 amide bonds. The third-order valence-corrected chi connectivity index (χ3v) is 2.76. The van der Waals surface area contributed by atoms with Crippen LogP contribution in [-0.4, -0.2) is 5.78 Å². The van der Waals surface area contributed by atoms with Gasteiger partial charge in [-0.1, -0.05) is 19.1 Å². The summed E-state index contributed by atoms with van der Waals surface area (Å²) in [4.78, 5) is 11.7. The topological polar surface area (TPSA) is 17.1 Å². The van der Waals surface area contributed by atoms with Gasteiger partial charge >= 0.3 is 0 Å². The van der Waals surface area contributed by atoms with Gasteiger partial charge in [0.25, 0.3) is 0 Å². The first-order valence-electron chi connectivity index (χ1n) is 4.69. The fourth-order valence-electron chi connectivity index (χ4n) is 1.12. The molecule has 0 fully saturated rings. The number of benzene rings is 1. The molecular formula is C12H12BrFO. The quantitative estimate of drug-likeness (QED) is 0.594. The van der Waals surface area contributed by atoms with Crippen LogP contribution in [0.25, 0.3) is 0 Å². The zero-order valence-electron chi connectivity index (χ0n) is 8.52. The maximum Gasteiger partial charge on any atom is 0.166 e. The molecule has 0 unspecified atom stereocenters. The summed E-state index contributed by atoms with van der Waals surface area (Å²) in [6, 6.07) is 4.28. The van der Waals surface area contributed by atoms with E-state index in [9.17, 15) is 9.18 Å². The van der Waals surface area contributed by atoms with Crippen molar-refractivity contribution in [2.45, 2.75) is 19.8 Å². The number of hydrogen-bond acceptors (Lipinski definition) is 1. The molecule has 0 bridgehead atoms. The maximum atomic E-state index is 12.9. The van der Waals surface area contributed by atoms with Gasteiger partial charge in [0, 0.05) is 12.0 Å². The smallest absolute Gasteiger partial charge is 0.166 e. The molecule has 0 saturated carbocycles. The van der Waals surface area contributed by atoms with Crippen molar-refractivity contribution < 1.29 is 9.18 Å². The zero-order valence-corrected chi connectivity index (χ0v) is 10.1. The van der Waals surface area contributed by atoms with E-state index in [-0.39, 0.29) is 11.6 Å². The number of ketones is 1. The Bertz CT molecular complexity index is 399. The number of carbonyl (C=O) groups excluding carboxylic acids is 1. The van der Waals surface area contributed by atoms with E-state index in [0.29, 0.717) is 16.5 Å². The van der Waals surface area contributed by atoms with Crippen LogP contribution in [0.4, 0.5) is 4.39 Å². The molecule has 1 rings (SSSR count). The van der Waals surface area contributed by atoms with Crippen molar-refractivity contribution >= 4 is 21.7 Å². The molecule has 0 aliphatic rings. The lowest BCUT2D eigenvalue weighted by Gasteiger charge is -2.03. The van der Waals surface area contributed by atoms with Crippen molar-refractivity contribution in [1.82, 2.24) is 0 Å². The second-order valence-corrected chi connectivity index (χ2v) is 4.19. The van der Waals surface area contributed by atoms with E-state index in [1.807, 2.05) is 6.92 Å². The predicted octanol–water partition coefficient (Wildman–Crippen LogP) is 4.13. The van der Waals surface area contributed by atoms with Crippen LogP contribution in [0.15, 0.2) is 34.8 Å². The van der Waals surface area contributed by atoms with Crippen molar-refractivity contribution in [2.24, 2.45) is 0 Å². The monoisotopic (exact) mass is 270 g/mol. The standard InChI is InChI=1S/C12H12BrFO/c1-3-8(2)6-12(15)9-4-5-11(14)10(13)7-9/h4-5,7H,2-3,6H2,1H3. The summed E-state index contributed by atoms with van der Waals surface area (Å²) >= 11 is 3.05. The van der Waals surface area contributed by atoms with Gasteiger partial charge in [-0.3, -0.25) is 4.79 Å². The fraction of sp³-hybridized carbons (Fsp3) is 0.250. The van der Waals surface area contributed by atoms with Gasteiger partial charge in [-0.15, -0.1) is 0 Å². The first-order valence-corrected chi connectivity index (χ1v) is 5.48. The molecule has 3 heteroatoms. The largest absolute Gasteiger partial charge is 0.294 e. The highest BCUT2D eigenvalue weighted by Gasteiger charge is 2.09. The summed E-state index contributed by atoms with van der Waals surface area (Å²) in [5, 5.41) is 0. The van der Waals surface area contributed by atoms with Crippen molar-refractivity contribution in [2.75, 3.05) is 0 Å². The molecular weight excluding hydrogens is 259 g/mol. The lowest BCUT2D eigenvalue weighted by Crippen LogP contribution is -2.00. The van der Waals surface area contributed by atoms with E-state index in [1.54, 1.807) is 0 Å². The van der Waals surface area contributed by atoms with Crippen LogP contribution in [-0.2, 0) is 0 Å². The van der Waals surface area contributed by atoms with Crippen molar-refractivity contribution in [1.29, 1.82) is 0 Å². The molecule has 1 aromatic rings. The lowest BCUT2D eigenvalue weighted by atomic mass is 10.0. The summed E-state index contributed by atoms with van der Waals surface area (Å²) in [6.07, 6.45) is 1.11. The van der Waals surface area contributed by atoms with E-state index in [0.717, 1.165) is 12.0 Å².